The van der Waals surface area contributed by atoms with Crippen molar-refractivity contribution in [2.75, 3.05) is 7.05 Å². The Kier molecular flexibility index (Phi) is 4.14. The molecule has 2 atom stereocenters. The van der Waals surface area contributed by atoms with Crippen LogP contribution in [0.3, 0.4) is 0 Å². The van der Waals surface area contributed by atoms with E-state index in [4.69, 9.17) is 0 Å². The number of hydrogen-bond donors (Lipinski definition) is 1. The monoisotopic (exact) mass is 285 g/mol. The second-order valence-electron chi connectivity index (χ2n) is 6.34. The zero-order valence-corrected chi connectivity index (χ0v) is 12.2. The number of hydrogen-bond acceptors (Lipinski definition) is 1. The van der Waals surface area contributed by atoms with Crippen molar-refractivity contribution in [3.8, 4) is 0 Å². The number of benzene rings is 1. The van der Waals surface area contributed by atoms with Gasteiger partial charge in [0.2, 0.25) is 0 Å². The van der Waals surface area contributed by atoms with Crippen LogP contribution in [0.15, 0.2) is 24.3 Å². The zero-order valence-electron chi connectivity index (χ0n) is 12.2. The average molecular weight is 285 g/mol. The molecule has 4 heteroatoms. The van der Waals surface area contributed by atoms with Crippen molar-refractivity contribution in [3.05, 3.63) is 35.4 Å². The van der Waals surface area contributed by atoms with E-state index in [0.29, 0.717) is 5.56 Å². The third kappa shape index (κ3) is 2.85. The molecule has 0 radical (unpaired) electrons. The van der Waals surface area contributed by atoms with Crippen LogP contribution in [-0.2, 0) is 6.18 Å². The van der Waals surface area contributed by atoms with E-state index in [0.717, 1.165) is 19.3 Å². The summed E-state index contributed by atoms with van der Waals surface area (Å²) in [4.78, 5) is 0. The highest BCUT2D eigenvalue weighted by Crippen LogP contribution is 2.50. The topological polar surface area (TPSA) is 12.0 Å². The van der Waals surface area contributed by atoms with Crippen LogP contribution in [0, 0.1) is 11.3 Å². The minimum absolute atomic E-state index is 0.0758. The molecule has 0 saturated heterocycles. The normalized spacial score (nSPS) is 23.8. The van der Waals surface area contributed by atoms with Gasteiger partial charge in [-0.3, -0.25) is 0 Å². The fraction of sp³-hybridized carbons (Fsp3) is 0.625. The van der Waals surface area contributed by atoms with Crippen LogP contribution >= 0.6 is 0 Å². The number of rotatable bonds is 3. The van der Waals surface area contributed by atoms with Crippen LogP contribution in [0.25, 0.3) is 0 Å². The van der Waals surface area contributed by atoms with Gasteiger partial charge in [0, 0.05) is 6.04 Å². The van der Waals surface area contributed by atoms with Gasteiger partial charge >= 0.3 is 6.18 Å². The van der Waals surface area contributed by atoms with Crippen molar-refractivity contribution >= 4 is 0 Å². The standard InChI is InChI=1S/C16H22F3N/c1-15(2)10-6-9-13(15)14(20-3)11-7-4-5-8-12(11)16(17,18)19/h4-5,7-8,13-14,20H,6,9-10H2,1-3H3. The van der Waals surface area contributed by atoms with Gasteiger partial charge in [0.05, 0.1) is 5.56 Å². The lowest BCUT2D eigenvalue weighted by atomic mass is 9.74. The Morgan fingerprint density at radius 1 is 1.25 bits per heavy atom. The number of nitrogens with one attached hydrogen (secondary N) is 1. The summed E-state index contributed by atoms with van der Waals surface area (Å²) in [6.45, 7) is 4.32. The lowest BCUT2D eigenvalue weighted by Crippen LogP contribution is -2.33. The summed E-state index contributed by atoms with van der Waals surface area (Å²) in [5.74, 6) is 0.232. The van der Waals surface area contributed by atoms with E-state index < -0.39 is 11.7 Å². The highest BCUT2D eigenvalue weighted by Gasteiger charge is 2.42. The quantitative estimate of drug-likeness (QED) is 0.841. The molecular formula is C16H22F3N. The second-order valence-corrected chi connectivity index (χ2v) is 6.34. The second kappa shape index (κ2) is 5.40. The van der Waals surface area contributed by atoms with Gasteiger partial charge < -0.3 is 5.32 Å². The van der Waals surface area contributed by atoms with Gasteiger partial charge in [-0.15, -0.1) is 0 Å². The smallest absolute Gasteiger partial charge is 0.313 e. The highest BCUT2D eigenvalue weighted by atomic mass is 19.4. The van der Waals surface area contributed by atoms with Gasteiger partial charge in [0.15, 0.2) is 0 Å². The first-order chi connectivity index (χ1) is 9.27. The molecule has 0 aliphatic heterocycles. The summed E-state index contributed by atoms with van der Waals surface area (Å²) in [6.07, 6.45) is -1.16. The molecule has 20 heavy (non-hydrogen) atoms. The van der Waals surface area contributed by atoms with Crippen molar-refractivity contribution < 1.29 is 13.2 Å². The maximum Gasteiger partial charge on any atom is 0.416 e. The van der Waals surface area contributed by atoms with Gasteiger partial charge in [-0.05, 0) is 42.9 Å². The Balaban J connectivity index is 2.43. The molecule has 0 amide bonds. The molecule has 1 aromatic carbocycles. The lowest BCUT2D eigenvalue weighted by Gasteiger charge is -2.35. The third-order valence-electron chi connectivity index (χ3n) is 4.65. The van der Waals surface area contributed by atoms with Crippen LogP contribution in [0.5, 0.6) is 0 Å². The fourth-order valence-electron chi connectivity index (χ4n) is 3.57. The van der Waals surface area contributed by atoms with Crippen molar-refractivity contribution in [1.29, 1.82) is 0 Å². The molecule has 112 valence electrons. The lowest BCUT2D eigenvalue weighted by molar-refractivity contribution is -0.138. The number of halogens is 3. The first kappa shape index (κ1) is 15.4. The van der Waals surface area contributed by atoms with Crippen molar-refractivity contribution in [3.63, 3.8) is 0 Å². The van der Waals surface area contributed by atoms with Gasteiger partial charge in [-0.2, -0.15) is 13.2 Å². The summed E-state index contributed by atoms with van der Waals surface area (Å²) in [7, 11) is 1.76. The van der Waals surface area contributed by atoms with E-state index in [-0.39, 0.29) is 17.4 Å². The van der Waals surface area contributed by atoms with E-state index >= 15 is 0 Å². The Morgan fingerprint density at radius 2 is 1.90 bits per heavy atom. The number of alkyl halides is 3. The molecule has 1 N–H and O–H groups in total. The zero-order chi connectivity index (χ0) is 15.0. The fourth-order valence-corrected chi connectivity index (χ4v) is 3.57. The molecule has 2 rings (SSSR count). The van der Waals surface area contributed by atoms with E-state index in [9.17, 15) is 13.2 Å². The van der Waals surface area contributed by atoms with Crippen molar-refractivity contribution in [2.45, 2.75) is 45.3 Å². The Morgan fingerprint density at radius 3 is 2.40 bits per heavy atom. The van der Waals surface area contributed by atoms with Gasteiger partial charge in [0.25, 0.3) is 0 Å². The van der Waals surface area contributed by atoms with Crippen molar-refractivity contribution in [1.82, 2.24) is 5.32 Å². The van der Waals surface area contributed by atoms with Crippen LogP contribution < -0.4 is 5.32 Å². The van der Waals surface area contributed by atoms with E-state index in [1.54, 1.807) is 19.2 Å². The minimum atomic E-state index is -4.30. The van der Waals surface area contributed by atoms with Gasteiger partial charge in [0.1, 0.15) is 0 Å². The molecule has 1 aromatic rings. The molecule has 0 heterocycles. The molecule has 2 unspecified atom stereocenters. The molecule has 1 saturated carbocycles. The molecule has 0 spiro atoms. The predicted octanol–water partition coefficient (Wildman–Crippen LogP) is 4.79. The Bertz CT molecular complexity index is 465. The van der Waals surface area contributed by atoms with E-state index in [2.05, 4.69) is 19.2 Å². The van der Waals surface area contributed by atoms with Gasteiger partial charge in [-0.25, -0.2) is 0 Å². The van der Waals surface area contributed by atoms with E-state index in [1.165, 1.54) is 12.1 Å². The molecular weight excluding hydrogens is 263 g/mol. The summed E-state index contributed by atoms with van der Waals surface area (Å²) in [5.41, 5.74) is -0.0589. The van der Waals surface area contributed by atoms with E-state index in [1.807, 2.05) is 0 Å². The average Bonchev–Trinajstić information content (AvgIpc) is 2.70. The molecule has 1 fully saturated rings. The summed E-state index contributed by atoms with van der Waals surface area (Å²) >= 11 is 0. The maximum atomic E-state index is 13.2. The molecule has 1 nitrogen and oxygen atoms in total. The molecule has 1 aliphatic rings. The third-order valence-corrected chi connectivity index (χ3v) is 4.65. The van der Waals surface area contributed by atoms with Crippen LogP contribution in [0.4, 0.5) is 13.2 Å². The minimum Gasteiger partial charge on any atom is -0.313 e. The van der Waals surface area contributed by atoms with Crippen LogP contribution in [0.2, 0.25) is 0 Å². The largest absolute Gasteiger partial charge is 0.416 e. The Hall–Kier alpha value is -1.03. The van der Waals surface area contributed by atoms with Crippen LogP contribution in [-0.4, -0.2) is 7.05 Å². The molecule has 0 aromatic heterocycles. The first-order valence-corrected chi connectivity index (χ1v) is 7.11. The SMILES string of the molecule is CNC(c1ccccc1C(F)(F)F)C1CCCC1(C)C. The first-order valence-electron chi connectivity index (χ1n) is 7.11. The maximum absolute atomic E-state index is 13.2. The summed E-state index contributed by atoms with van der Waals surface area (Å²) < 4.78 is 39.6. The molecule has 0 bridgehead atoms. The molecule has 1 aliphatic carbocycles. The van der Waals surface area contributed by atoms with Gasteiger partial charge in [-0.1, -0.05) is 38.5 Å². The van der Waals surface area contributed by atoms with Crippen LogP contribution in [0.1, 0.15) is 50.3 Å². The highest BCUT2D eigenvalue weighted by molar-refractivity contribution is 5.33. The summed E-state index contributed by atoms with van der Waals surface area (Å²) in [6, 6.07) is 5.70. The van der Waals surface area contributed by atoms with Crippen molar-refractivity contribution in [2.24, 2.45) is 11.3 Å². The Labute approximate surface area is 118 Å². The summed E-state index contributed by atoms with van der Waals surface area (Å²) in [5, 5.41) is 3.13. The predicted molar refractivity (Wildman–Crippen MR) is 74.4 cm³/mol.